The molecule has 1 saturated carbocycles. The molecule has 0 radical (unpaired) electrons. The van der Waals surface area contributed by atoms with Crippen molar-refractivity contribution in [3.8, 4) is 5.75 Å². The van der Waals surface area contributed by atoms with Crippen molar-refractivity contribution in [1.29, 1.82) is 0 Å². The average Bonchev–Trinajstić information content (AvgIpc) is 2.66. The first-order valence-corrected chi connectivity index (χ1v) is 10.3. The summed E-state index contributed by atoms with van der Waals surface area (Å²) in [6.07, 6.45) is 4.42. The molecule has 0 atom stereocenters. The number of nitrogens with one attached hydrogen (secondary N) is 1. The van der Waals surface area contributed by atoms with Crippen molar-refractivity contribution in [2.24, 2.45) is 5.41 Å². The van der Waals surface area contributed by atoms with Crippen LogP contribution in [0.4, 0.5) is 11.4 Å². The second-order valence-electron chi connectivity index (χ2n) is 7.63. The number of hydrogen-bond donors (Lipinski definition) is 1. The molecule has 3 rings (SSSR count). The molecule has 0 unspecified atom stereocenters. The number of sulfonamides is 1. The van der Waals surface area contributed by atoms with Gasteiger partial charge in [-0.1, -0.05) is 19.3 Å². The molecule has 1 fully saturated rings. The number of anilines is 2. The number of amides is 1. The Kier molecular flexibility index (Phi) is 4.70. The summed E-state index contributed by atoms with van der Waals surface area (Å²) in [6.45, 7) is 3.96. The maximum atomic E-state index is 12.6. The van der Waals surface area contributed by atoms with Crippen molar-refractivity contribution in [2.45, 2.75) is 51.2 Å². The summed E-state index contributed by atoms with van der Waals surface area (Å²) in [5.74, 6) is 0.528. The summed E-state index contributed by atoms with van der Waals surface area (Å²) in [5, 5.41) is -0.338. The number of ether oxygens (including phenoxy) is 1. The highest BCUT2D eigenvalue weighted by Crippen LogP contribution is 2.38. The van der Waals surface area contributed by atoms with Gasteiger partial charge in [0.25, 0.3) is 0 Å². The second kappa shape index (κ2) is 6.52. The Morgan fingerprint density at radius 1 is 1.20 bits per heavy atom. The van der Waals surface area contributed by atoms with E-state index in [0.717, 1.165) is 19.3 Å². The quantitative estimate of drug-likeness (QED) is 0.892. The molecular formula is C18H26N2O4S. The Balaban J connectivity index is 1.86. The average molecular weight is 366 g/mol. The minimum Gasteiger partial charge on any atom is -0.490 e. The van der Waals surface area contributed by atoms with Crippen LogP contribution in [0.25, 0.3) is 0 Å². The molecule has 0 bridgehead atoms. The van der Waals surface area contributed by atoms with Crippen LogP contribution < -0.4 is 14.4 Å². The van der Waals surface area contributed by atoms with Crippen molar-refractivity contribution in [3.05, 3.63) is 18.2 Å². The van der Waals surface area contributed by atoms with Crippen LogP contribution in [0.3, 0.4) is 0 Å². The third-order valence-electron chi connectivity index (χ3n) is 5.04. The van der Waals surface area contributed by atoms with Crippen molar-refractivity contribution in [2.75, 3.05) is 23.3 Å². The molecule has 1 aromatic rings. The number of rotatable bonds is 3. The molecule has 6 nitrogen and oxygen atoms in total. The van der Waals surface area contributed by atoms with E-state index in [2.05, 4.69) is 4.72 Å². The van der Waals surface area contributed by atoms with E-state index in [4.69, 9.17) is 4.74 Å². The summed E-state index contributed by atoms with van der Waals surface area (Å²) in [5.41, 5.74) is 0.418. The molecule has 1 aliphatic heterocycles. The predicted molar refractivity (Wildman–Crippen MR) is 98.5 cm³/mol. The molecule has 0 saturated heterocycles. The zero-order valence-corrected chi connectivity index (χ0v) is 15.9. The Morgan fingerprint density at radius 3 is 2.56 bits per heavy atom. The van der Waals surface area contributed by atoms with E-state index in [0.29, 0.717) is 30.0 Å². The van der Waals surface area contributed by atoms with Gasteiger partial charge in [0.15, 0.2) is 0 Å². The first kappa shape index (κ1) is 18.0. The summed E-state index contributed by atoms with van der Waals surface area (Å²) >= 11 is 0. The molecule has 138 valence electrons. The summed E-state index contributed by atoms with van der Waals surface area (Å²) in [6, 6.07) is 5.09. The van der Waals surface area contributed by atoms with E-state index in [1.807, 2.05) is 13.8 Å². The largest absolute Gasteiger partial charge is 0.490 e. The summed E-state index contributed by atoms with van der Waals surface area (Å²) in [7, 11) is -1.73. The first-order chi connectivity index (χ1) is 11.7. The fourth-order valence-corrected chi connectivity index (χ4v) is 5.05. The van der Waals surface area contributed by atoms with Gasteiger partial charge >= 0.3 is 0 Å². The molecular weight excluding hydrogens is 340 g/mol. The van der Waals surface area contributed by atoms with Crippen molar-refractivity contribution in [1.82, 2.24) is 0 Å². The van der Waals surface area contributed by atoms with E-state index in [1.54, 1.807) is 30.1 Å². The Bertz CT molecular complexity index is 767. The van der Waals surface area contributed by atoms with Crippen LogP contribution in [-0.4, -0.2) is 33.2 Å². The number of nitrogens with zero attached hydrogens (tertiary/aromatic N) is 1. The molecule has 2 aliphatic rings. The smallest absolute Gasteiger partial charge is 0.235 e. The van der Waals surface area contributed by atoms with Gasteiger partial charge in [-0.15, -0.1) is 0 Å². The predicted octanol–water partition coefficient (Wildman–Crippen LogP) is 3.14. The number of carbonyl (C=O) groups is 1. The van der Waals surface area contributed by atoms with Gasteiger partial charge in [0.2, 0.25) is 15.9 Å². The molecule has 1 aromatic carbocycles. The van der Waals surface area contributed by atoms with Crippen LogP contribution in [0.2, 0.25) is 0 Å². The monoisotopic (exact) mass is 366 g/mol. The van der Waals surface area contributed by atoms with Crippen molar-refractivity contribution >= 4 is 27.3 Å². The molecule has 1 amide bonds. The van der Waals surface area contributed by atoms with E-state index in [1.165, 1.54) is 0 Å². The maximum Gasteiger partial charge on any atom is 0.235 e. The second-order valence-corrected chi connectivity index (χ2v) is 9.59. The number of fused-ring (bicyclic) bond motifs is 1. The highest BCUT2D eigenvalue weighted by Gasteiger charge is 2.36. The molecule has 25 heavy (non-hydrogen) atoms. The highest BCUT2D eigenvalue weighted by atomic mass is 32.2. The lowest BCUT2D eigenvalue weighted by atomic mass is 9.93. The molecule has 1 aliphatic carbocycles. The zero-order valence-electron chi connectivity index (χ0n) is 15.0. The lowest BCUT2D eigenvalue weighted by Gasteiger charge is -2.25. The highest BCUT2D eigenvalue weighted by molar-refractivity contribution is 7.93. The fraction of sp³-hybridized carbons (Fsp3) is 0.611. The number of hydrogen-bond acceptors (Lipinski definition) is 4. The normalized spacial score (nSPS) is 21.2. The van der Waals surface area contributed by atoms with Gasteiger partial charge in [-0.2, -0.15) is 0 Å². The molecule has 7 heteroatoms. The maximum absolute atomic E-state index is 12.6. The minimum absolute atomic E-state index is 0.0569. The third-order valence-corrected chi connectivity index (χ3v) is 6.91. The first-order valence-electron chi connectivity index (χ1n) is 8.77. The molecule has 1 heterocycles. The van der Waals surface area contributed by atoms with Crippen molar-refractivity contribution in [3.63, 3.8) is 0 Å². The van der Waals surface area contributed by atoms with E-state index >= 15 is 0 Å². The van der Waals surface area contributed by atoms with Gasteiger partial charge in [-0.05, 0) is 44.9 Å². The lowest BCUT2D eigenvalue weighted by Crippen LogP contribution is -2.39. The van der Waals surface area contributed by atoms with Crippen LogP contribution in [0, 0.1) is 5.41 Å². The number of carbonyl (C=O) groups excluding carboxylic acids is 1. The SMILES string of the molecule is CN1C(=O)C(C)(C)COc2ccc(NS(=O)(=O)C3CCCCC3)cc21. The van der Waals surface area contributed by atoms with Crippen LogP contribution >= 0.6 is 0 Å². The van der Waals surface area contributed by atoms with E-state index in [-0.39, 0.29) is 17.8 Å². The minimum atomic E-state index is -3.42. The van der Waals surface area contributed by atoms with Gasteiger partial charge in [-0.3, -0.25) is 9.52 Å². The number of benzene rings is 1. The Labute approximate surface area is 149 Å². The molecule has 1 N–H and O–H groups in total. The van der Waals surface area contributed by atoms with Gasteiger partial charge in [0, 0.05) is 7.05 Å². The topological polar surface area (TPSA) is 75.7 Å². The van der Waals surface area contributed by atoms with Gasteiger partial charge < -0.3 is 9.64 Å². The third kappa shape index (κ3) is 3.61. The molecule has 0 spiro atoms. The van der Waals surface area contributed by atoms with Crippen molar-refractivity contribution < 1.29 is 17.9 Å². The fourth-order valence-electron chi connectivity index (χ4n) is 3.47. The zero-order chi connectivity index (χ0) is 18.2. The summed E-state index contributed by atoms with van der Waals surface area (Å²) < 4.78 is 33.7. The van der Waals surface area contributed by atoms with Crippen LogP contribution in [0.5, 0.6) is 5.75 Å². The van der Waals surface area contributed by atoms with Crippen LogP contribution in [0.15, 0.2) is 18.2 Å². The molecule has 0 aromatic heterocycles. The van der Waals surface area contributed by atoms with Gasteiger partial charge in [-0.25, -0.2) is 8.42 Å². The standard InChI is InChI=1S/C18H26N2O4S/c1-18(2)12-24-16-10-9-13(11-15(16)20(3)17(18)21)19-25(22,23)14-7-5-4-6-8-14/h9-11,14,19H,4-8,12H2,1-3H3. The van der Waals surface area contributed by atoms with Crippen LogP contribution in [-0.2, 0) is 14.8 Å². The van der Waals surface area contributed by atoms with E-state index < -0.39 is 15.4 Å². The summed E-state index contributed by atoms with van der Waals surface area (Å²) in [4.78, 5) is 14.1. The Hall–Kier alpha value is -1.76. The van der Waals surface area contributed by atoms with E-state index in [9.17, 15) is 13.2 Å². The van der Waals surface area contributed by atoms with Gasteiger partial charge in [0.05, 0.1) is 22.0 Å². The lowest BCUT2D eigenvalue weighted by molar-refractivity contribution is -0.127. The van der Waals surface area contributed by atoms with Crippen LogP contribution in [0.1, 0.15) is 46.0 Å². The Morgan fingerprint density at radius 2 is 1.88 bits per heavy atom. The van der Waals surface area contributed by atoms with Gasteiger partial charge in [0.1, 0.15) is 12.4 Å².